The minimum absolute atomic E-state index is 0.0381. The lowest BCUT2D eigenvalue weighted by atomic mass is 9.81. The highest BCUT2D eigenvalue weighted by Gasteiger charge is 2.35. The summed E-state index contributed by atoms with van der Waals surface area (Å²) >= 11 is 0. The van der Waals surface area contributed by atoms with E-state index in [-0.39, 0.29) is 5.41 Å². The van der Waals surface area contributed by atoms with E-state index in [1.54, 1.807) is 0 Å². The summed E-state index contributed by atoms with van der Waals surface area (Å²) in [5.41, 5.74) is 13.0. The Balaban J connectivity index is 1.10. The van der Waals surface area contributed by atoms with E-state index >= 15 is 0 Å². The number of rotatable bonds is 5. The zero-order chi connectivity index (χ0) is 35.5. The first kappa shape index (κ1) is 31.1. The van der Waals surface area contributed by atoms with Crippen molar-refractivity contribution < 1.29 is 0 Å². The molecular formula is C50H35N3. The molecule has 0 saturated carbocycles. The molecule has 1 heterocycles. The van der Waals surface area contributed by atoms with Gasteiger partial charge in [-0.2, -0.15) is 0 Å². The van der Waals surface area contributed by atoms with Crippen molar-refractivity contribution in [2.24, 2.45) is 0 Å². The number of aromatic nitrogens is 3. The monoisotopic (exact) mass is 677 g/mol. The third kappa shape index (κ3) is 5.24. The number of hydrogen-bond donors (Lipinski definition) is 0. The van der Waals surface area contributed by atoms with Crippen LogP contribution in [0.5, 0.6) is 0 Å². The molecule has 9 aromatic rings. The van der Waals surface area contributed by atoms with Gasteiger partial charge in [0.1, 0.15) is 0 Å². The van der Waals surface area contributed by atoms with Gasteiger partial charge in [-0.25, -0.2) is 15.0 Å². The summed E-state index contributed by atoms with van der Waals surface area (Å²) < 4.78 is 0. The van der Waals surface area contributed by atoms with Gasteiger partial charge in [0.25, 0.3) is 0 Å². The average molecular weight is 678 g/mol. The number of hydrogen-bond acceptors (Lipinski definition) is 3. The van der Waals surface area contributed by atoms with Crippen LogP contribution in [0.15, 0.2) is 176 Å². The highest BCUT2D eigenvalue weighted by Crippen LogP contribution is 2.49. The SMILES string of the molecule is CC1(C)c2ccccc2-c2ccc(-c3ccc4cc(-c5nc(-c6ccccc6)nc(-c6c(-c7ccccc7)ccc7ccccc67)n5)ccc4c3)cc21. The predicted molar refractivity (Wildman–Crippen MR) is 220 cm³/mol. The maximum absolute atomic E-state index is 5.25. The molecule has 1 aliphatic carbocycles. The highest BCUT2D eigenvalue weighted by molar-refractivity contribution is 6.03. The Labute approximate surface area is 309 Å². The van der Waals surface area contributed by atoms with Crippen molar-refractivity contribution in [1.29, 1.82) is 0 Å². The third-order valence-corrected chi connectivity index (χ3v) is 10.9. The van der Waals surface area contributed by atoms with Gasteiger partial charge in [-0.3, -0.25) is 0 Å². The molecular weight excluding hydrogens is 643 g/mol. The minimum Gasteiger partial charge on any atom is -0.208 e. The number of nitrogens with zero attached hydrogens (tertiary/aromatic N) is 3. The summed E-state index contributed by atoms with van der Waals surface area (Å²) in [5, 5.41) is 4.56. The van der Waals surface area contributed by atoms with Crippen LogP contribution in [0.3, 0.4) is 0 Å². The fourth-order valence-electron chi connectivity index (χ4n) is 8.15. The summed E-state index contributed by atoms with van der Waals surface area (Å²) in [6, 6.07) is 62.6. The van der Waals surface area contributed by atoms with Crippen molar-refractivity contribution in [3.63, 3.8) is 0 Å². The fourth-order valence-corrected chi connectivity index (χ4v) is 8.15. The van der Waals surface area contributed by atoms with Crippen LogP contribution in [0.1, 0.15) is 25.0 Å². The van der Waals surface area contributed by atoms with Crippen LogP contribution in [0.4, 0.5) is 0 Å². The zero-order valence-corrected chi connectivity index (χ0v) is 29.6. The second-order valence-corrected chi connectivity index (χ2v) is 14.5. The molecule has 0 bridgehead atoms. The Morgan fingerprint density at radius 3 is 1.66 bits per heavy atom. The first-order chi connectivity index (χ1) is 26.0. The van der Waals surface area contributed by atoms with E-state index in [1.807, 2.05) is 24.3 Å². The van der Waals surface area contributed by atoms with E-state index in [4.69, 9.17) is 15.0 Å². The summed E-state index contributed by atoms with van der Waals surface area (Å²) in [6.07, 6.45) is 0. The molecule has 0 radical (unpaired) electrons. The van der Waals surface area contributed by atoms with Crippen molar-refractivity contribution in [3.8, 4) is 67.5 Å². The van der Waals surface area contributed by atoms with Crippen LogP contribution >= 0.6 is 0 Å². The first-order valence-electron chi connectivity index (χ1n) is 18.2. The second-order valence-electron chi connectivity index (χ2n) is 14.5. The Bertz CT molecular complexity index is 2860. The molecule has 0 atom stereocenters. The maximum Gasteiger partial charge on any atom is 0.165 e. The van der Waals surface area contributed by atoms with Gasteiger partial charge in [-0.1, -0.05) is 172 Å². The van der Waals surface area contributed by atoms with Crippen LogP contribution in [-0.4, -0.2) is 15.0 Å². The van der Waals surface area contributed by atoms with E-state index < -0.39 is 0 Å². The molecule has 0 aliphatic heterocycles. The first-order valence-corrected chi connectivity index (χ1v) is 18.2. The van der Waals surface area contributed by atoms with Crippen LogP contribution in [0, 0.1) is 0 Å². The molecule has 53 heavy (non-hydrogen) atoms. The minimum atomic E-state index is -0.0381. The van der Waals surface area contributed by atoms with Gasteiger partial charge >= 0.3 is 0 Å². The van der Waals surface area contributed by atoms with E-state index in [9.17, 15) is 0 Å². The zero-order valence-electron chi connectivity index (χ0n) is 29.6. The molecule has 0 fully saturated rings. The summed E-state index contributed by atoms with van der Waals surface area (Å²) in [6.45, 7) is 4.67. The van der Waals surface area contributed by atoms with Crippen LogP contribution in [-0.2, 0) is 5.41 Å². The van der Waals surface area contributed by atoms with E-state index in [1.165, 1.54) is 38.8 Å². The maximum atomic E-state index is 5.25. The lowest BCUT2D eigenvalue weighted by Gasteiger charge is -2.22. The highest BCUT2D eigenvalue weighted by atomic mass is 15.0. The molecule has 1 aliphatic rings. The largest absolute Gasteiger partial charge is 0.208 e. The van der Waals surface area contributed by atoms with Gasteiger partial charge in [0.2, 0.25) is 0 Å². The van der Waals surface area contributed by atoms with Crippen LogP contribution < -0.4 is 0 Å². The second kappa shape index (κ2) is 12.2. The lowest BCUT2D eigenvalue weighted by molar-refractivity contribution is 0.660. The standard InChI is InChI=1S/C50H35N3/c1-50(2)44-20-12-11-19-42(44)43-28-26-38(31-45(43)50)36-21-22-37-30-39(24-23-35(37)29-36)48-51-47(34-16-7-4-8-17-34)52-49(53-48)46-40-18-10-9-15-33(40)25-27-41(46)32-13-5-3-6-14-32/h3-31H,1-2H3. The predicted octanol–water partition coefficient (Wildman–Crippen LogP) is 12.8. The van der Waals surface area contributed by atoms with Crippen molar-refractivity contribution in [2.75, 3.05) is 0 Å². The molecule has 10 rings (SSSR count). The Hall–Kier alpha value is -6.71. The summed E-state index contributed by atoms with van der Waals surface area (Å²) in [4.78, 5) is 15.5. The average Bonchev–Trinajstić information content (AvgIpc) is 3.45. The topological polar surface area (TPSA) is 38.7 Å². The molecule has 0 amide bonds. The molecule has 0 saturated heterocycles. The van der Waals surface area contributed by atoms with Gasteiger partial charge in [0, 0.05) is 22.1 Å². The van der Waals surface area contributed by atoms with Gasteiger partial charge in [-0.15, -0.1) is 0 Å². The third-order valence-electron chi connectivity index (χ3n) is 10.9. The van der Waals surface area contributed by atoms with Gasteiger partial charge in [0.05, 0.1) is 0 Å². The molecule has 8 aromatic carbocycles. The molecule has 0 unspecified atom stereocenters. The molecule has 250 valence electrons. The molecule has 3 heteroatoms. The van der Waals surface area contributed by atoms with Crippen molar-refractivity contribution in [1.82, 2.24) is 15.0 Å². The number of fused-ring (bicyclic) bond motifs is 5. The molecule has 3 nitrogen and oxygen atoms in total. The smallest absolute Gasteiger partial charge is 0.165 e. The molecule has 0 N–H and O–H groups in total. The fraction of sp³-hybridized carbons (Fsp3) is 0.0600. The molecule has 1 aromatic heterocycles. The van der Waals surface area contributed by atoms with Crippen molar-refractivity contribution in [2.45, 2.75) is 19.3 Å². The van der Waals surface area contributed by atoms with Crippen LogP contribution in [0.25, 0.3) is 89.1 Å². The quantitative estimate of drug-likeness (QED) is 0.182. The van der Waals surface area contributed by atoms with Crippen molar-refractivity contribution >= 4 is 21.5 Å². The van der Waals surface area contributed by atoms with Gasteiger partial charge < -0.3 is 0 Å². The lowest BCUT2D eigenvalue weighted by Crippen LogP contribution is -2.14. The Kier molecular flexibility index (Phi) is 7.16. The normalized spacial score (nSPS) is 12.9. The van der Waals surface area contributed by atoms with E-state index in [2.05, 4.69) is 166 Å². The Morgan fingerprint density at radius 2 is 0.868 bits per heavy atom. The van der Waals surface area contributed by atoms with E-state index in [0.717, 1.165) is 44.0 Å². The van der Waals surface area contributed by atoms with Gasteiger partial charge in [-0.05, 0) is 84.3 Å². The number of benzene rings is 8. The molecule has 0 spiro atoms. The van der Waals surface area contributed by atoms with Gasteiger partial charge in [0.15, 0.2) is 17.5 Å². The summed E-state index contributed by atoms with van der Waals surface area (Å²) in [7, 11) is 0. The van der Waals surface area contributed by atoms with E-state index in [0.29, 0.717) is 17.5 Å². The van der Waals surface area contributed by atoms with Crippen LogP contribution in [0.2, 0.25) is 0 Å². The van der Waals surface area contributed by atoms with Crippen molar-refractivity contribution in [3.05, 3.63) is 187 Å². The Morgan fingerprint density at radius 1 is 0.340 bits per heavy atom. The summed E-state index contributed by atoms with van der Waals surface area (Å²) in [5.74, 6) is 1.95.